The molecule has 0 aliphatic carbocycles. The number of carbonyl (C=O) groups is 1. The summed E-state index contributed by atoms with van der Waals surface area (Å²) < 4.78 is 17.5. The van der Waals surface area contributed by atoms with E-state index >= 15 is 0 Å². The highest BCUT2D eigenvalue weighted by molar-refractivity contribution is 5.84. The summed E-state index contributed by atoms with van der Waals surface area (Å²) in [5.74, 6) is 1.53. The Labute approximate surface area is 203 Å². The van der Waals surface area contributed by atoms with Crippen molar-refractivity contribution >= 4 is 5.91 Å². The first kappa shape index (κ1) is 22.9. The second kappa shape index (κ2) is 9.07. The first-order valence-electron chi connectivity index (χ1n) is 11.5. The lowest BCUT2D eigenvalue weighted by atomic mass is 9.97. The molecule has 3 aromatic rings. The summed E-state index contributed by atoms with van der Waals surface area (Å²) in [4.78, 5) is 19.7. The van der Waals surface area contributed by atoms with Crippen molar-refractivity contribution in [1.82, 2.24) is 15.2 Å². The third kappa shape index (κ3) is 4.85. The van der Waals surface area contributed by atoms with Gasteiger partial charge in [0, 0.05) is 18.6 Å². The third-order valence-corrected chi connectivity index (χ3v) is 5.90. The molecule has 182 valence electrons. The molecule has 2 aliphatic rings. The maximum Gasteiger partial charge on any atom is 0.336 e. The van der Waals surface area contributed by atoms with Gasteiger partial charge in [-0.05, 0) is 54.6 Å². The van der Waals surface area contributed by atoms with E-state index in [9.17, 15) is 10.0 Å². The fourth-order valence-electron chi connectivity index (χ4n) is 4.44. The van der Waals surface area contributed by atoms with Crippen LogP contribution in [0.5, 0.6) is 17.4 Å². The van der Waals surface area contributed by atoms with Crippen molar-refractivity contribution in [3.05, 3.63) is 71.3 Å². The zero-order chi connectivity index (χ0) is 24.6. The van der Waals surface area contributed by atoms with Crippen LogP contribution in [0.1, 0.15) is 37.9 Å². The monoisotopic (exact) mass is 476 g/mol. The van der Waals surface area contributed by atoms with E-state index in [1.54, 1.807) is 0 Å². The van der Waals surface area contributed by atoms with Crippen molar-refractivity contribution < 1.29 is 23.7 Å². The number of aromatic nitrogens is 2. The Bertz CT molecular complexity index is 1260. The number of fused-ring (bicyclic) bond motifs is 2. The average Bonchev–Trinajstić information content (AvgIpc) is 3.20. The van der Waals surface area contributed by atoms with Gasteiger partial charge in [-0.3, -0.25) is 9.69 Å². The quantitative estimate of drug-likeness (QED) is 0.457. The van der Waals surface area contributed by atoms with Crippen LogP contribution in [0.3, 0.4) is 0 Å². The minimum Gasteiger partial charge on any atom is -0.711 e. The smallest absolute Gasteiger partial charge is 0.336 e. The fraction of sp³-hybridized carbons (Fsp3) is 0.346. The van der Waals surface area contributed by atoms with E-state index in [2.05, 4.69) is 10.3 Å². The Balaban J connectivity index is 1.53. The predicted molar refractivity (Wildman–Crippen MR) is 128 cm³/mol. The lowest BCUT2D eigenvalue weighted by molar-refractivity contribution is -0.609. The Morgan fingerprint density at radius 3 is 2.80 bits per heavy atom. The van der Waals surface area contributed by atoms with E-state index in [0.29, 0.717) is 41.6 Å². The molecule has 5 rings (SSSR count). The van der Waals surface area contributed by atoms with Crippen LogP contribution in [0.4, 0.5) is 0 Å². The van der Waals surface area contributed by atoms with Crippen molar-refractivity contribution in [2.24, 2.45) is 0 Å². The molecule has 3 heterocycles. The van der Waals surface area contributed by atoms with Crippen molar-refractivity contribution in [3.63, 3.8) is 0 Å². The minimum absolute atomic E-state index is 0.210. The molecule has 9 heteroatoms. The number of amides is 1. The van der Waals surface area contributed by atoms with Gasteiger partial charge in [-0.25, -0.2) is 4.73 Å². The zero-order valence-corrected chi connectivity index (χ0v) is 20.0. The van der Waals surface area contributed by atoms with Crippen LogP contribution in [0.25, 0.3) is 11.1 Å². The normalized spacial score (nSPS) is 17.3. The van der Waals surface area contributed by atoms with Gasteiger partial charge in [-0.2, -0.15) is 0 Å². The number of ether oxygens (including phenoxy) is 3. The Morgan fingerprint density at radius 2 is 1.97 bits per heavy atom. The van der Waals surface area contributed by atoms with Gasteiger partial charge in [0.2, 0.25) is 12.7 Å². The number of rotatable bonds is 4. The van der Waals surface area contributed by atoms with E-state index in [0.717, 1.165) is 28.8 Å². The number of hydrogen-bond acceptors (Lipinski definition) is 7. The molecule has 1 unspecified atom stereocenters. The van der Waals surface area contributed by atoms with Crippen LogP contribution in [0.2, 0.25) is 0 Å². The summed E-state index contributed by atoms with van der Waals surface area (Å²) in [5.41, 5.74) is 3.04. The molecule has 0 radical (unpaired) electrons. The summed E-state index contributed by atoms with van der Waals surface area (Å²) in [6.07, 6.45) is 2.51. The van der Waals surface area contributed by atoms with E-state index in [1.165, 1.54) is 6.20 Å². The maximum absolute atomic E-state index is 13.5. The van der Waals surface area contributed by atoms with Gasteiger partial charge in [0.15, 0.2) is 11.5 Å². The third-order valence-electron chi connectivity index (χ3n) is 5.90. The molecule has 35 heavy (non-hydrogen) atoms. The van der Waals surface area contributed by atoms with Crippen molar-refractivity contribution in [2.45, 2.75) is 38.9 Å². The van der Waals surface area contributed by atoms with E-state index in [4.69, 9.17) is 14.2 Å². The summed E-state index contributed by atoms with van der Waals surface area (Å²) in [6, 6.07) is 13.2. The zero-order valence-electron chi connectivity index (χ0n) is 20.0. The summed E-state index contributed by atoms with van der Waals surface area (Å²) >= 11 is 0. The van der Waals surface area contributed by atoms with Gasteiger partial charge >= 0.3 is 5.88 Å². The molecule has 0 saturated carbocycles. The van der Waals surface area contributed by atoms with Crippen molar-refractivity contribution in [1.29, 1.82) is 0 Å². The highest BCUT2D eigenvalue weighted by Crippen LogP contribution is 2.38. The SMILES string of the molecule is CC(C)(C)NC(=O)C1c2c[n+]([O-])cnc2OCCN1Cc1ccccc1-c1ccc2c(c1)OCO2. The summed E-state index contributed by atoms with van der Waals surface area (Å²) in [5, 5.41) is 15.2. The maximum atomic E-state index is 13.5. The van der Waals surface area contributed by atoms with Gasteiger partial charge in [0.05, 0.1) is 0 Å². The number of benzene rings is 2. The molecule has 1 atom stereocenters. The molecule has 1 amide bonds. The molecular weight excluding hydrogens is 448 g/mol. The second-order valence-corrected chi connectivity index (χ2v) is 9.68. The topological polar surface area (TPSA) is 99.9 Å². The van der Waals surface area contributed by atoms with E-state index in [-0.39, 0.29) is 12.7 Å². The lowest BCUT2D eigenvalue weighted by Gasteiger charge is -2.31. The van der Waals surface area contributed by atoms with Crippen LogP contribution >= 0.6 is 0 Å². The highest BCUT2D eigenvalue weighted by Gasteiger charge is 2.37. The largest absolute Gasteiger partial charge is 0.711 e. The fourth-order valence-corrected chi connectivity index (χ4v) is 4.44. The number of hydrogen-bond donors (Lipinski definition) is 1. The van der Waals surface area contributed by atoms with Gasteiger partial charge < -0.3 is 24.7 Å². The molecule has 2 aromatic carbocycles. The number of nitrogens with one attached hydrogen (secondary N) is 1. The Hall–Kier alpha value is -3.85. The van der Waals surface area contributed by atoms with Gasteiger partial charge in [-0.15, -0.1) is 0 Å². The molecule has 0 fully saturated rings. The standard InChI is InChI=1S/C26H28N4O5/c1-26(2,3)28-24(31)23-20-14-30(32)15-27-25(20)33-11-10-29(23)13-18-6-4-5-7-19(18)17-8-9-21-22(12-17)35-16-34-21/h4-9,12,14-15,23H,10-11,13,16H2,1-3H3,(H,28,31). The molecule has 1 aromatic heterocycles. The molecular formula is C26H28N4O5. The van der Waals surface area contributed by atoms with Gasteiger partial charge in [0.1, 0.15) is 24.4 Å². The van der Waals surface area contributed by atoms with E-state index in [1.807, 2.05) is 68.1 Å². The van der Waals surface area contributed by atoms with E-state index < -0.39 is 11.6 Å². The van der Waals surface area contributed by atoms with Crippen LogP contribution in [-0.4, -0.2) is 41.3 Å². The number of carbonyl (C=O) groups excluding carboxylic acids is 1. The molecule has 0 saturated heterocycles. The first-order chi connectivity index (χ1) is 16.8. The van der Waals surface area contributed by atoms with Crippen molar-refractivity contribution in [2.75, 3.05) is 19.9 Å². The number of nitrogens with zero attached hydrogens (tertiary/aromatic N) is 3. The lowest BCUT2D eigenvalue weighted by Crippen LogP contribution is -2.48. The van der Waals surface area contributed by atoms with Crippen LogP contribution in [-0.2, 0) is 11.3 Å². The molecule has 1 N–H and O–H groups in total. The summed E-state index contributed by atoms with van der Waals surface area (Å²) in [7, 11) is 0. The highest BCUT2D eigenvalue weighted by atomic mass is 16.7. The summed E-state index contributed by atoms with van der Waals surface area (Å²) in [6.45, 7) is 7.27. The predicted octanol–water partition coefficient (Wildman–Crippen LogP) is 2.96. The Kier molecular flexibility index (Phi) is 5.94. The second-order valence-electron chi connectivity index (χ2n) is 9.68. The van der Waals surface area contributed by atoms with Crippen LogP contribution in [0.15, 0.2) is 55.0 Å². The molecule has 9 nitrogen and oxygen atoms in total. The van der Waals surface area contributed by atoms with Gasteiger partial charge in [0.25, 0.3) is 6.33 Å². The van der Waals surface area contributed by atoms with Crippen LogP contribution < -0.4 is 24.3 Å². The molecule has 2 aliphatic heterocycles. The molecule has 0 bridgehead atoms. The minimum atomic E-state index is -0.745. The van der Waals surface area contributed by atoms with Crippen molar-refractivity contribution in [3.8, 4) is 28.5 Å². The van der Waals surface area contributed by atoms with Gasteiger partial charge in [-0.1, -0.05) is 30.3 Å². The molecule has 0 spiro atoms. The Morgan fingerprint density at radius 1 is 1.17 bits per heavy atom. The average molecular weight is 477 g/mol. The first-order valence-corrected chi connectivity index (χ1v) is 11.5. The van der Waals surface area contributed by atoms with Crippen LogP contribution in [0, 0.1) is 5.21 Å².